The third kappa shape index (κ3) is 11.4. The molecule has 0 aromatic heterocycles. The predicted molar refractivity (Wildman–Crippen MR) is 45.0 cm³/mol. The predicted octanol–water partition coefficient (Wildman–Crippen LogP) is 2.33. The Kier molecular flexibility index (Phi) is 13.9. The van der Waals surface area contributed by atoms with Gasteiger partial charge in [-0.05, 0) is 12.6 Å². The van der Waals surface area contributed by atoms with E-state index in [1.807, 2.05) is 13.2 Å². The fourth-order valence-corrected chi connectivity index (χ4v) is 0.523. The first kappa shape index (κ1) is 11.6. The quantitative estimate of drug-likeness (QED) is 0.605. The average molecular weight is 150 g/mol. The number of hydrogen-bond donors (Lipinski definition) is 1. The van der Waals surface area contributed by atoms with Crippen molar-refractivity contribution in [3.63, 3.8) is 0 Å². The van der Waals surface area contributed by atoms with E-state index in [0.717, 1.165) is 0 Å². The topological polar surface area (TPSA) is 12.0 Å². The standard InChI is InChI=1S/C7H15N.ClH/c1-3-4-5-6-7-8-2;/h6-8H,3-5H2,1-2H3;1H. The largest absolute Gasteiger partial charge is 0.394 e. The summed E-state index contributed by atoms with van der Waals surface area (Å²) in [4.78, 5) is 0. The van der Waals surface area contributed by atoms with Crippen molar-refractivity contribution in [1.29, 1.82) is 0 Å². The SMILES string of the molecule is CCCCC=CNC.Cl. The molecule has 0 aliphatic heterocycles. The second kappa shape index (κ2) is 10.7. The molecule has 0 saturated carbocycles. The molecule has 0 aromatic rings. The van der Waals surface area contributed by atoms with Crippen molar-refractivity contribution in [2.45, 2.75) is 26.2 Å². The Labute approximate surface area is 63.9 Å². The summed E-state index contributed by atoms with van der Waals surface area (Å²) in [5.41, 5.74) is 0. The molecule has 9 heavy (non-hydrogen) atoms. The minimum Gasteiger partial charge on any atom is -0.394 e. The van der Waals surface area contributed by atoms with Crippen molar-refractivity contribution in [1.82, 2.24) is 5.32 Å². The Balaban J connectivity index is 0. The molecule has 0 bridgehead atoms. The highest BCUT2D eigenvalue weighted by Crippen LogP contribution is 1.92. The Bertz CT molecular complexity index is 61.9. The van der Waals surface area contributed by atoms with Crippen molar-refractivity contribution >= 4 is 12.4 Å². The van der Waals surface area contributed by atoms with Crippen LogP contribution < -0.4 is 5.32 Å². The summed E-state index contributed by atoms with van der Waals surface area (Å²) in [6.45, 7) is 2.20. The first-order chi connectivity index (χ1) is 3.91. The minimum atomic E-state index is 0. The van der Waals surface area contributed by atoms with Gasteiger partial charge in [-0.25, -0.2) is 0 Å². The fourth-order valence-electron chi connectivity index (χ4n) is 0.523. The van der Waals surface area contributed by atoms with Crippen molar-refractivity contribution in [3.8, 4) is 0 Å². The number of allylic oxidation sites excluding steroid dienone is 1. The molecule has 0 heterocycles. The van der Waals surface area contributed by atoms with E-state index >= 15 is 0 Å². The molecule has 0 aliphatic carbocycles. The van der Waals surface area contributed by atoms with Gasteiger partial charge in [0.15, 0.2) is 0 Å². The van der Waals surface area contributed by atoms with E-state index in [4.69, 9.17) is 0 Å². The minimum absolute atomic E-state index is 0. The summed E-state index contributed by atoms with van der Waals surface area (Å²) in [6.07, 6.45) is 7.93. The van der Waals surface area contributed by atoms with E-state index in [1.54, 1.807) is 0 Å². The molecular weight excluding hydrogens is 134 g/mol. The molecule has 0 aliphatic rings. The fraction of sp³-hybridized carbons (Fsp3) is 0.714. The molecule has 2 heteroatoms. The van der Waals surface area contributed by atoms with Gasteiger partial charge < -0.3 is 5.32 Å². The van der Waals surface area contributed by atoms with E-state index in [0.29, 0.717) is 0 Å². The van der Waals surface area contributed by atoms with Crippen LogP contribution in [0.3, 0.4) is 0 Å². The van der Waals surface area contributed by atoms with Crippen LogP contribution >= 0.6 is 12.4 Å². The highest BCUT2D eigenvalue weighted by atomic mass is 35.5. The van der Waals surface area contributed by atoms with Crippen molar-refractivity contribution in [2.75, 3.05) is 7.05 Å². The van der Waals surface area contributed by atoms with Crippen LogP contribution in [0.2, 0.25) is 0 Å². The number of hydrogen-bond acceptors (Lipinski definition) is 1. The molecule has 1 N–H and O–H groups in total. The van der Waals surface area contributed by atoms with Crippen LogP contribution in [0.1, 0.15) is 26.2 Å². The van der Waals surface area contributed by atoms with Gasteiger partial charge in [-0.15, -0.1) is 12.4 Å². The molecule has 0 spiro atoms. The molecule has 56 valence electrons. The van der Waals surface area contributed by atoms with E-state index in [1.165, 1.54) is 19.3 Å². The number of nitrogens with one attached hydrogen (secondary N) is 1. The maximum Gasteiger partial charge on any atom is 0.00276 e. The van der Waals surface area contributed by atoms with Crippen LogP contribution in [0.4, 0.5) is 0 Å². The van der Waals surface area contributed by atoms with Crippen molar-refractivity contribution < 1.29 is 0 Å². The Morgan fingerprint density at radius 2 is 2.11 bits per heavy atom. The van der Waals surface area contributed by atoms with Gasteiger partial charge in [0.25, 0.3) is 0 Å². The molecule has 0 amide bonds. The molecule has 0 fully saturated rings. The van der Waals surface area contributed by atoms with Crippen LogP contribution in [0, 0.1) is 0 Å². The van der Waals surface area contributed by atoms with Crippen LogP contribution in [0.15, 0.2) is 12.3 Å². The molecule has 0 unspecified atom stereocenters. The Morgan fingerprint density at radius 1 is 1.44 bits per heavy atom. The monoisotopic (exact) mass is 149 g/mol. The second-order valence-corrected chi connectivity index (χ2v) is 1.83. The smallest absolute Gasteiger partial charge is 0.00276 e. The average Bonchev–Trinajstić information content (AvgIpc) is 1.81. The van der Waals surface area contributed by atoms with Gasteiger partial charge in [-0.2, -0.15) is 0 Å². The van der Waals surface area contributed by atoms with Crippen LogP contribution in [-0.2, 0) is 0 Å². The number of halogens is 1. The zero-order valence-electron chi connectivity index (χ0n) is 6.18. The van der Waals surface area contributed by atoms with Crippen molar-refractivity contribution in [3.05, 3.63) is 12.3 Å². The van der Waals surface area contributed by atoms with Gasteiger partial charge in [0.05, 0.1) is 0 Å². The first-order valence-electron chi connectivity index (χ1n) is 3.24. The van der Waals surface area contributed by atoms with Crippen LogP contribution in [0.5, 0.6) is 0 Å². The maximum absolute atomic E-state index is 2.95. The summed E-state index contributed by atoms with van der Waals surface area (Å²) < 4.78 is 0. The van der Waals surface area contributed by atoms with Crippen LogP contribution in [0.25, 0.3) is 0 Å². The number of rotatable bonds is 4. The van der Waals surface area contributed by atoms with E-state index in [9.17, 15) is 0 Å². The van der Waals surface area contributed by atoms with Gasteiger partial charge in [-0.1, -0.05) is 25.8 Å². The lowest BCUT2D eigenvalue weighted by Gasteiger charge is -1.87. The molecule has 0 atom stereocenters. The second-order valence-electron chi connectivity index (χ2n) is 1.83. The van der Waals surface area contributed by atoms with Gasteiger partial charge in [0.2, 0.25) is 0 Å². The molecular formula is C7H16ClN. The Morgan fingerprint density at radius 3 is 2.56 bits per heavy atom. The zero-order valence-corrected chi connectivity index (χ0v) is 7.00. The summed E-state index contributed by atoms with van der Waals surface area (Å²) in [7, 11) is 1.92. The molecule has 0 radical (unpaired) electrons. The highest BCUT2D eigenvalue weighted by Gasteiger charge is 1.74. The van der Waals surface area contributed by atoms with E-state index in [-0.39, 0.29) is 12.4 Å². The van der Waals surface area contributed by atoms with Crippen LogP contribution in [-0.4, -0.2) is 7.05 Å². The van der Waals surface area contributed by atoms with Gasteiger partial charge >= 0.3 is 0 Å². The van der Waals surface area contributed by atoms with E-state index in [2.05, 4.69) is 18.3 Å². The summed E-state index contributed by atoms with van der Waals surface area (Å²) in [6, 6.07) is 0. The van der Waals surface area contributed by atoms with Gasteiger partial charge in [-0.3, -0.25) is 0 Å². The summed E-state index contributed by atoms with van der Waals surface area (Å²) in [5.74, 6) is 0. The summed E-state index contributed by atoms with van der Waals surface area (Å²) in [5, 5.41) is 2.95. The lowest BCUT2D eigenvalue weighted by Crippen LogP contribution is -1.90. The molecule has 0 aromatic carbocycles. The van der Waals surface area contributed by atoms with Gasteiger partial charge in [0, 0.05) is 7.05 Å². The Hall–Kier alpha value is -0.170. The third-order valence-corrected chi connectivity index (χ3v) is 1.01. The molecule has 0 rings (SSSR count). The third-order valence-electron chi connectivity index (χ3n) is 1.01. The van der Waals surface area contributed by atoms with E-state index < -0.39 is 0 Å². The zero-order chi connectivity index (χ0) is 6.24. The maximum atomic E-state index is 2.95. The number of unbranched alkanes of at least 4 members (excludes halogenated alkanes) is 2. The van der Waals surface area contributed by atoms with Crippen molar-refractivity contribution in [2.24, 2.45) is 0 Å². The molecule has 0 saturated heterocycles. The normalized spacial score (nSPS) is 9.11. The lowest BCUT2D eigenvalue weighted by atomic mass is 10.2. The van der Waals surface area contributed by atoms with Gasteiger partial charge in [0.1, 0.15) is 0 Å². The highest BCUT2D eigenvalue weighted by molar-refractivity contribution is 5.85. The lowest BCUT2D eigenvalue weighted by molar-refractivity contribution is 0.811. The molecule has 1 nitrogen and oxygen atoms in total. The first-order valence-corrected chi connectivity index (χ1v) is 3.24. The summed E-state index contributed by atoms with van der Waals surface area (Å²) >= 11 is 0.